The van der Waals surface area contributed by atoms with Crippen molar-refractivity contribution in [1.82, 2.24) is 9.38 Å². The van der Waals surface area contributed by atoms with Crippen LogP contribution >= 0.6 is 22.9 Å². The van der Waals surface area contributed by atoms with E-state index in [0.29, 0.717) is 16.2 Å². The van der Waals surface area contributed by atoms with Crippen LogP contribution in [-0.4, -0.2) is 15.4 Å². The summed E-state index contributed by atoms with van der Waals surface area (Å²) in [5.74, 6) is -1.14. The molecule has 0 N–H and O–H groups in total. The summed E-state index contributed by atoms with van der Waals surface area (Å²) in [5.41, 5.74) is 0.701. The van der Waals surface area contributed by atoms with Crippen molar-refractivity contribution >= 4 is 39.9 Å². The van der Waals surface area contributed by atoms with Crippen LogP contribution in [0.2, 0.25) is 5.02 Å². The maximum absolute atomic E-state index is 13.0. The number of carbonyl (C=O) groups excluding carboxylic acids is 1. The van der Waals surface area contributed by atoms with E-state index in [9.17, 15) is 14.0 Å². The van der Waals surface area contributed by atoms with Crippen molar-refractivity contribution in [2.24, 2.45) is 0 Å². The molecule has 1 aromatic carbocycles. The number of nitrogens with zero attached hydrogens (tertiary/aromatic N) is 2. The molecule has 0 aliphatic rings. The molecule has 0 amide bonds. The smallest absolute Gasteiger partial charge is 0.331 e. The fraction of sp³-hybridized carbons (Fsp3) is 0.0625. The van der Waals surface area contributed by atoms with Gasteiger partial charge in [0.1, 0.15) is 12.4 Å². The van der Waals surface area contributed by atoms with E-state index in [1.807, 2.05) is 0 Å². The lowest BCUT2D eigenvalue weighted by Crippen LogP contribution is -2.14. The number of ether oxygens (including phenoxy) is 1. The second kappa shape index (κ2) is 6.94. The van der Waals surface area contributed by atoms with Gasteiger partial charge in [0, 0.05) is 23.7 Å². The molecule has 0 fully saturated rings. The summed E-state index contributed by atoms with van der Waals surface area (Å²) in [4.78, 5) is 28.3. The van der Waals surface area contributed by atoms with Crippen LogP contribution in [0.3, 0.4) is 0 Å². The highest BCUT2D eigenvalue weighted by Crippen LogP contribution is 2.17. The molecule has 0 unspecified atom stereocenters. The molecular formula is C16H10ClFN2O3S. The van der Waals surface area contributed by atoms with Crippen LogP contribution < -0.4 is 5.56 Å². The molecule has 24 heavy (non-hydrogen) atoms. The molecule has 0 radical (unpaired) electrons. The largest absolute Gasteiger partial charge is 0.456 e. The first-order chi connectivity index (χ1) is 11.5. The van der Waals surface area contributed by atoms with E-state index in [-0.39, 0.29) is 17.2 Å². The Morgan fingerprint density at radius 1 is 1.42 bits per heavy atom. The van der Waals surface area contributed by atoms with Crippen molar-refractivity contribution in [3.63, 3.8) is 0 Å². The number of fused-ring (bicyclic) bond motifs is 1. The monoisotopic (exact) mass is 364 g/mol. The molecule has 122 valence electrons. The summed E-state index contributed by atoms with van der Waals surface area (Å²) in [5, 5.41) is 1.72. The predicted molar refractivity (Wildman–Crippen MR) is 89.6 cm³/mol. The summed E-state index contributed by atoms with van der Waals surface area (Å²) in [6.45, 7) is -0.114. The first kappa shape index (κ1) is 16.4. The van der Waals surface area contributed by atoms with Gasteiger partial charge in [-0.15, -0.1) is 11.3 Å². The number of aromatic nitrogens is 2. The van der Waals surface area contributed by atoms with Crippen LogP contribution in [0.4, 0.5) is 4.39 Å². The Morgan fingerprint density at radius 2 is 2.25 bits per heavy atom. The number of hydrogen-bond acceptors (Lipinski definition) is 5. The zero-order chi connectivity index (χ0) is 17.1. The van der Waals surface area contributed by atoms with Gasteiger partial charge < -0.3 is 4.74 Å². The molecule has 3 aromatic rings. The molecule has 0 spiro atoms. The standard InChI is InChI=1S/C16H10ClFN2O3S/c17-12-7-10(1-3-13(12)18)2-4-15(22)23-9-11-8-14(21)20-5-6-24-16(20)19-11/h1-8H,9H2/b4-2+. The maximum atomic E-state index is 13.0. The molecule has 2 aromatic heterocycles. The number of hydrogen-bond donors (Lipinski definition) is 0. The van der Waals surface area contributed by atoms with Gasteiger partial charge >= 0.3 is 5.97 Å². The van der Waals surface area contributed by atoms with Crippen molar-refractivity contribution in [1.29, 1.82) is 0 Å². The van der Waals surface area contributed by atoms with Crippen LogP contribution in [0.25, 0.3) is 11.0 Å². The van der Waals surface area contributed by atoms with E-state index in [4.69, 9.17) is 16.3 Å². The first-order valence-electron chi connectivity index (χ1n) is 6.78. The number of halogens is 2. The Labute approximate surface area is 144 Å². The summed E-state index contributed by atoms with van der Waals surface area (Å²) >= 11 is 6.97. The van der Waals surface area contributed by atoms with Crippen molar-refractivity contribution in [2.75, 3.05) is 0 Å². The van der Waals surface area contributed by atoms with Gasteiger partial charge in [0.2, 0.25) is 0 Å². The quantitative estimate of drug-likeness (QED) is 0.526. The zero-order valence-electron chi connectivity index (χ0n) is 12.1. The number of esters is 1. The molecular weight excluding hydrogens is 355 g/mol. The highest BCUT2D eigenvalue weighted by atomic mass is 35.5. The highest BCUT2D eigenvalue weighted by molar-refractivity contribution is 7.15. The predicted octanol–water partition coefficient (Wildman–Crippen LogP) is 3.31. The van der Waals surface area contributed by atoms with E-state index in [1.165, 1.54) is 52.2 Å². The topological polar surface area (TPSA) is 60.7 Å². The average molecular weight is 365 g/mol. The van der Waals surface area contributed by atoms with E-state index in [0.717, 1.165) is 0 Å². The minimum atomic E-state index is -0.608. The highest BCUT2D eigenvalue weighted by Gasteiger charge is 2.06. The molecule has 0 aliphatic heterocycles. The maximum Gasteiger partial charge on any atom is 0.331 e. The first-order valence-corrected chi connectivity index (χ1v) is 8.04. The van der Waals surface area contributed by atoms with E-state index < -0.39 is 11.8 Å². The minimum Gasteiger partial charge on any atom is -0.456 e. The third-order valence-corrected chi connectivity index (χ3v) is 4.12. The number of benzene rings is 1. The Kier molecular flexibility index (Phi) is 4.73. The van der Waals surface area contributed by atoms with Crippen LogP contribution in [0, 0.1) is 5.82 Å². The Balaban J connectivity index is 1.65. The molecule has 0 saturated heterocycles. The number of carbonyl (C=O) groups is 1. The molecule has 2 heterocycles. The van der Waals surface area contributed by atoms with E-state index >= 15 is 0 Å². The molecule has 3 rings (SSSR count). The Morgan fingerprint density at radius 3 is 3.04 bits per heavy atom. The lowest BCUT2D eigenvalue weighted by atomic mass is 10.2. The molecule has 8 heteroatoms. The molecule has 5 nitrogen and oxygen atoms in total. The van der Waals surface area contributed by atoms with Gasteiger partial charge in [-0.05, 0) is 23.8 Å². The van der Waals surface area contributed by atoms with Crippen LogP contribution in [0.5, 0.6) is 0 Å². The molecule has 0 atom stereocenters. The Hall–Kier alpha value is -2.51. The van der Waals surface area contributed by atoms with E-state index in [2.05, 4.69) is 4.98 Å². The van der Waals surface area contributed by atoms with Crippen LogP contribution in [0.15, 0.2) is 46.7 Å². The fourth-order valence-electron chi connectivity index (χ4n) is 1.94. The Bertz CT molecular complexity index is 996. The summed E-state index contributed by atoms with van der Waals surface area (Å²) in [6.07, 6.45) is 4.28. The van der Waals surface area contributed by atoms with Crippen LogP contribution in [-0.2, 0) is 16.1 Å². The van der Waals surface area contributed by atoms with Gasteiger partial charge in [-0.3, -0.25) is 9.20 Å². The van der Waals surface area contributed by atoms with Gasteiger partial charge in [-0.1, -0.05) is 17.7 Å². The van der Waals surface area contributed by atoms with Crippen molar-refractivity contribution in [3.05, 3.63) is 74.4 Å². The average Bonchev–Trinajstić information content (AvgIpc) is 3.03. The second-order valence-electron chi connectivity index (χ2n) is 4.76. The fourth-order valence-corrected chi connectivity index (χ4v) is 2.86. The summed E-state index contributed by atoms with van der Waals surface area (Å²) in [7, 11) is 0. The lowest BCUT2D eigenvalue weighted by molar-refractivity contribution is -0.139. The van der Waals surface area contributed by atoms with Gasteiger partial charge in [-0.25, -0.2) is 14.2 Å². The lowest BCUT2D eigenvalue weighted by Gasteiger charge is -2.02. The second-order valence-corrected chi connectivity index (χ2v) is 6.04. The van der Waals surface area contributed by atoms with Gasteiger partial charge in [0.25, 0.3) is 5.56 Å². The third kappa shape index (κ3) is 3.69. The summed E-state index contributed by atoms with van der Waals surface area (Å²) in [6, 6.07) is 5.41. The summed E-state index contributed by atoms with van der Waals surface area (Å²) < 4.78 is 19.5. The van der Waals surface area contributed by atoms with E-state index in [1.54, 1.807) is 11.6 Å². The van der Waals surface area contributed by atoms with Gasteiger partial charge in [-0.2, -0.15) is 0 Å². The van der Waals surface area contributed by atoms with Crippen molar-refractivity contribution in [3.8, 4) is 0 Å². The zero-order valence-corrected chi connectivity index (χ0v) is 13.7. The minimum absolute atomic E-state index is 0.0283. The normalized spacial score (nSPS) is 11.2. The SMILES string of the molecule is O=C(/C=C/c1ccc(F)c(Cl)c1)OCc1cc(=O)n2ccsc2n1. The van der Waals surface area contributed by atoms with Crippen molar-refractivity contribution < 1.29 is 13.9 Å². The third-order valence-electron chi connectivity index (χ3n) is 3.07. The molecule has 0 bridgehead atoms. The number of rotatable bonds is 4. The van der Waals surface area contributed by atoms with Gasteiger partial charge in [0.15, 0.2) is 4.96 Å². The van der Waals surface area contributed by atoms with Crippen molar-refractivity contribution in [2.45, 2.75) is 6.61 Å². The molecule has 0 saturated carbocycles. The molecule has 0 aliphatic carbocycles. The van der Waals surface area contributed by atoms with Crippen LogP contribution in [0.1, 0.15) is 11.3 Å². The number of thiazole rings is 1. The van der Waals surface area contributed by atoms with Gasteiger partial charge in [0.05, 0.1) is 10.7 Å².